The zero-order chi connectivity index (χ0) is 13.7. The molecular weight excluding hydrogens is 233 g/mol. The average molecular weight is 253 g/mol. The van der Waals surface area contributed by atoms with Crippen molar-refractivity contribution in [3.05, 3.63) is 23.5 Å². The Labute approximate surface area is 107 Å². The fraction of sp³-hybridized carbons (Fsp3) is 0.462. The van der Waals surface area contributed by atoms with Crippen LogP contribution in [0.4, 0.5) is 15.8 Å². The van der Waals surface area contributed by atoms with E-state index in [1.54, 1.807) is 13.0 Å². The van der Waals surface area contributed by atoms with Crippen molar-refractivity contribution in [1.82, 2.24) is 5.32 Å². The topological polar surface area (TPSA) is 67.2 Å². The van der Waals surface area contributed by atoms with E-state index in [2.05, 4.69) is 10.6 Å². The number of benzene rings is 1. The average Bonchev–Trinajstić information content (AvgIpc) is 2.24. The molecule has 0 radical (unpaired) electrons. The third-order valence-electron chi connectivity index (χ3n) is 2.45. The zero-order valence-corrected chi connectivity index (χ0v) is 11.0. The third kappa shape index (κ3) is 4.24. The Hall–Kier alpha value is -1.78. The van der Waals surface area contributed by atoms with E-state index >= 15 is 0 Å². The first-order valence-corrected chi connectivity index (χ1v) is 5.99. The van der Waals surface area contributed by atoms with Gasteiger partial charge in [-0.2, -0.15) is 0 Å². The molecule has 0 atom stereocenters. The van der Waals surface area contributed by atoms with Gasteiger partial charge in [-0.05, 0) is 38.5 Å². The van der Waals surface area contributed by atoms with Gasteiger partial charge in [-0.1, -0.05) is 0 Å². The quantitative estimate of drug-likeness (QED) is 0.703. The molecule has 0 aromatic heterocycles. The van der Waals surface area contributed by atoms with Crippen molar-refractivity contribution in [2.24, 2.45) is 0 Å². The first-order valence-electron chi connectivity index (χ1n) is 5.99. The van der Waals surface area contributed by atoms with Crippen molar-refractivity contribution < 1.29 is 9.18 Å². The number of hydrogen-bond acceptors (Lipinski definition) is 3. The summed E-state index contributed by atoms with van der Waals surface area (Å²) in [6.45, 7) is 5.96. The van der Waals surface area contributed by atoms with E-state index in [-0.39, 0.29) is 17.8 Å². The highest BCUT2D eigenvalue weighted by Crippen LogP contribution is 2.22. The Morgan fingerprint density at radius 3 is 2.72 bits per heavy atom. The Balaban J connectivity index is 2.49. The molecule has 100 valence electrons. The summed E-state index contributed by atoms with van der Waals surface area (Å²) in [5.74, 6) is -0.342. The van der Waals surface area contributed by atoms with Gasteiger partial charge in [-0.3, -0.25) is 4.79 Å². The molecule has 0 aliphatic carbocycles. The molecule has 1 rings (SSSR count). The second-order valence-electron chi connectivity index (χ2n) is 4.59. The van der Waals surface area contributed by atoms with Gasteiger partial charge in [0.2, 0.25) is 5.91 Å². The number of anilines is 2. The fourth-order valence-electron chi connectivity index (χ4n) is 1.55. The van der Waals surface area contributed by atoms with E-state index in [0.717, 1.165) is 0 Å². The summed E-state index contributed by atoms with van der Waals surface area (Å²) in [7, 11) is 0. The molecule has 0 heterocycles. The van der Waals surface area contributed by atoms with Gasteiger partial charge in [0, 0.05) is 19.0 Å². The fourth-order valence-corrected chi connectivity index (χ4v) is 1.55. The van der Waals surface area contributed by atoms with Crippen molar-refractivity contribution in [2.45, 2.75) is 33.2 Å². The normalized spacial score (nSPS) is 10.5. The predicted octanol–water partition coefficient (Wildman–Crippen LogP) is 2.04. The SMILES string of the molecule is Cc1cc(NCCC(=O)NC(C)C)c(N)cc1F. The molecule has 4 nitrogen and oxygen atoms in total. The molecule has 1 aromatic rings. The van der Waals surface area contributed by atoms with Gasteiger partial charge in [0.1, 0.15) is 5.82 Å². The van der Waals surface area contributed by atoms with E-state index in [9.17, 15) is 9.18 Å². The molecule has 0 saturated carbocycles. The number of nitrogens with two attached hydrogens (primary N) is 1. The number of amides is 1. The molecule has 1 amide bonds. The smallest absolute Gasteiger partial charge is 0.221 e. The van der Waals surface area contributed by atoms with Gasteiger partial charge < -0.3 is 16.4 Å². The summed E-state index contributed by atoms with van der Waals surface area (Å²) in [4.78, 5) is 11.4. The highest BCUT2D eigenvalue weighted by atomic mass is 19.1. The largest absolute Gasteiger partial charge is 0.397 e. The van der Waals surface area contributed by atoms with E-state index in [1.165, 1.54) is 6.07 Å². The second-order valence-corrected chi connectivity index (χ2v) is 4.59. The van der Waals surface area contributed by atoms with Gasteiger partial charge in [-0.25, -0.2) is 4.39 Å². The molecule has 0 aliphatic rings. The van der Waals surface area contributed by atoms with Crippen LogP contribution in [-0.2, 0) is 4.79 Å². The Morgan fingerprint density at radius 1 is 1.44 bits per heavy atom. The summed E-state index contributed by atoms with van der Waals surface area (Å²) in [5.41, 5.74) is 7.22. The molecule has 0 unspecified atom stereocenters. The van der Waals surface area contributed by atoms with Crippen LogP contribution in [0.2, 0.25) is 0 Å². The van der Waals surface area contributed by atoms with Crippen molar-refractivity contribution >= 4 is 17.3 Å². The van der Waals surface area contributed by atoms with Crippen molar-refractivity contribution in [3.63, 3.8) is 0 Å². The number of carbonyl (C=O) groups is 1. The maximum Gasteiger partial charge on any atom is 0.221 e. The zero-order valence-electron chi connectivity index (χ0n) is 11.0. The van der Waals surface area contributed by atoms with Crippen LogP contribution in [0.3, 0.4) is 0 Å². The summed E-state index contributed by atoms with van der Waals surface area (Å²) in [6.07, 6.45) is 0.355. The molecule has 4 N–H and O–H groups in total. The van der Waals surface area contributed by atoms with Crippen LogP contribution in [0.1, 0.15) is 25.8 Å². The minimum absolute atomic E-state index is 0.0186. The minimum atomic E-state index is -0.324. The van der Waals surface area contributed by atoms with E-state index in [4.69, 9.17) is 5.73 Å². The Bertz CT molecular complexity index is 432. The maximum atomic E-state index is 13.2. The van der Waals surface area contributed by atoms with Crippen LogP contribution in [-0.4, -0.2) is 18.5 Å². The Morgan fingerprint density at radius 2 is 2.11 bits per heavy atom. The highest BCUT2D eigenvalue weighted by Gasteiger charge is 2.06. The number of nitrogens with one attached hydrogen (secondary N) is 2. The van der Waals surface area contributed by atoms with Gasteiger partial charge >= 0.3 is 0 Å². The number of halogens is 1. The monoisotopic (exact) mass is 253 g/mol. The maximum absolute atomic E-state index is 13.2. The van der Waals surface area contributed by atoms with Crippen LogP contribution in [0, 0.1) is 12.7 Å². The Kier molecular flexibility index (Phi) is 4.95. The lowest BCUT2D eigenvalue weighted by Crippen LogP contribution is -2.31. The minimum Gasteiger partial charge on any atom is -0.397 e. The van der Waals surface area contributed by atoms with Crippen LogP contribution in [0.5, 0.6) is 0 Å². The van der Waals surface area contributed by atoms with Crippen molar-refractivity contribution in [3.8, 4) is 0 Å². The molecule has 0 aliphatic heterocycles. The van der Waals surface area contributed by atoms with E-state index in [0.29, 0.717) is 29.9 Å². The predicted molar refractivity (Wildman–Crippen MR) is 71.9 cm³/mol. The van der Waals surface area contributed by atoms with Gasteiger partial charge in [0.25, 0.3) is 0 Å². The molecule has 0 fully saturated rings. The summed E-state index contributed by atoms with van der Waals surface area (Å²) < 4.78 is 13.2. The lowest BCUT2D eigenvalue weighted by atomic mass is 10.2. The first-order chi connectivity index (χ1) is 8.40. The standard InChI is InChI=1S/C13H20FN3O/c1-8(2)17-13(18)4-5-16-12-6-9(3)10(14)7-11(12)15/h6-8,16H,4-5,15H2,1-3H3,(H,17,18). The van der Waals surface area contributed by atoms with E-state index < -0.39 is 0 Å². The number of carbonyl (C=O) groups excluding carboxylic acids is 1. The number of aryl methyl sites for hydroxylation is 1. The second kappa shape index (κ2) is 6.23. The van der Waals surface area contributed by atoms with Crippen LogP contribution in [0.15, 0.2) is 12.1 Å². The van der Waals surface area contributed by atoms with Crippen molar-refractivity contribution in [2.75, 3.05) is 17.6 Å². The van der Waals surface area contributed by atoms with Gasteiger partial charge in [-0.15, -0.1) is 0 Å². The van der Waals surface area contributed by atoms with Crippen LogP contribution < -0.4 is 16.4 Å². The van der Waals surface area contributed by atoms with Crippen LogP contribution in [0.25, 0.3) is 0 Å². The van der Waals surface area contributed by atoms with Crippen LogP contribution >= 0.6 is 0 Å². The molecule has 18 heavy (non-hydrogen) atoms. The number of nitrogen functional groups attached to an aromatic ring is 1. The molecule has 0 saturated heterocycles. The summed E-state index contributed by atoms with van der Waals surface area (Å²) in [5, 5.41) is 5.83. The molecule has 0 spiro atoms. The summed E-state index contributed by atoms with van der Waals surface area (Å²) in [6, 6.07) is 3.06. The van der Waals surface area contributed by atoms with E-state index in [1.807, 2.05) is 13.8 Å². The number of hydrogen-bond donors (Lipinski definition) is 3. The molecule has 5 heteroatoms. The number of rotatable bonds is 5. The highest BCUT2D eigenvalue weighted by molar-refractivity contribution is 5.77. The van der Waals surface area contributed by atoms with Gasteiger partial charge in [0.05, 0.1) is 11.4 Å². The van der Waals surface area contributed by atoms with Crippen molar-refractivity contribution in [1.29, 1.82) is 0 Å². The molecular formula is C13H20FN3O. The first kappa shape index (κ1) is 14.3. The summed E-state index contributed by atoms with van der Waals surface area (Å²) >= 11 is 0. The third-order valence-corrected chi connectivity index (χ3v) is 2.45. The lowest BCUT2D eigenvalue weighted by Gasteiger charge is -2.12. The van der Waals surface area contributed by atoms with Gasteiger partial charge in [0.15, 0.2) is 0 Å². The molecule has 0 bridgehead atoms. The lowest BCUT2D eigenvalue weighted by molar-refractivity contribution is -0.121. The molecule has 1 aromatic carbocycles.